The van der Waals surface area contributed by atoms with Crippen LogP contribution in [0, 0.1) is 0 Å². The van der Waals surface area contributed by atoms with Gasteiger partial charge in [0.2, 0.25) is 5.95 Å². The lowest BCUT2D eigenvalue weighted by Gasteiger charge is -2.40. The second-order valence-electron chi connectivity index (χ2n) is 11.6. The number of morpholine rings is 1. The molecule has 2 bridgehead atoms. The predicted molar refractivity (Wildman–Crippen MR) is 162 cm³/mol. The number of aryl methyl sites for hydroxylation is 2. The van der Waals surface area contributed by atoms with Gasteiger partial charge in [0.25, 0.3) is 0 Å². The summed E-state index contributed by atoms with van der Waals surface area (Å²) in [6.45, 7) is 1.85. The molecule has 0 radical (unpaired) electrons. The number of benzene rings is 2. The topological polar surface area (TPSA) is 88.6 Å². The van der Waals surface area contributed by atoms with Crippen LogP contribution in [0.5, 0.6) is 5.75 Å². The van der Waals surface area contributed by atoms with Crippen LogP contribution in [-0.4, -0.2) is 66.1 Å². The monoisotopic (exact) mass is 617 g/mol. The molecule has 2 saturated heterocycles. The number of halogens is 3. The molecular formula is C30H35ClF2N5O3P. The number of anilines is 4. The van der Waals surface area contributed by atoms with Crippen molar-refractivity contribution in [2.24, 2.45) is 0 Å². The van der Waals surface area contributed by atoms with Gasteiger partial charge in [-0.3, -0.25) is 4.90 Å². The SMILES string of the molecule is CP(C)(=O)c1cc(OC(F)F)ccc1Nc1nc(Nc2ccc3c(c2)CCC(N2C4CCC2COC4)CC3)ncc1Cl. The lowest BCUT2D eigenvalue weighted by atomic mass is 10.0. The summed E-state index contributed by atoms with van der Waals surface area (Å²) in [5.41, 5.74) is 4.05. The van der Waals surface area contributed by atoms with E-state index in [0.29, 0.717) is 40.9 Å². The summed E-state index contributed by atoms with van der Waals surface area (Å²) in [4.78, 5) is 11.7. The van der Waals surface area contributed by atoms with Crippen molar-refractivity contribution in [3.63, 3.8) is 0 Å². The fourth-order valence-electron chi connectivity index (χ4n) is 6.53. The number of fused-ring (bicyclic) bond motifs is 3. The van der Waals surface area contributed by atoms with Gasteiger partial charge >= 0.3 is 6.61 Å². The fraction of sp³-hybridized carbons (Fsp3) is 0.467. The van der Waals surface area contributed by atoms with Gasteiger partial charge in [0.1, 0.15) is 17.9 Å². The van der Waals surface area contributed by atoms with E-state index in [9.17, 15) is 13.3 Å². The van der Waals surface area contributed by atoms with Crippen LogP contribution < -0.4 is 20.7 Å². The van der Waals surface area contributed by atoms with E-state index in [2.05, 4.69) is 42.4 Å². The highest BCUT2D eigenvalue weighted by Gasteiger charge is 2.41. The molecule has 1 aliphatic carbocycles. The summed E-state index contributed by atoms with van der Waals surface area (Å²) in [6, 6.07) is 12.4. The molecule has 224 valence electrons. The van der Waals surface area contributed by atoms with E-state index in [1.165, 1.54) is 54.8 Å². The average molecular weight is 618 g/mol. The number of alkyl halides is 2. The molecule has 2 N–H and O–H groups in total. The maximum atomic E-state index is 13.0. The van der Waals surface area contributed by atoms with Gasteiger partial charge in [-0.1, -0.05) is 17.7 Å². The van der Waals surface area contributed by atoms with Gasteiger partial charge in [-0.15, -0.1) is 0 Å². The van der Waals surface area contributed by atoms with Gasteiger partial charge < -0.3 is 24.7 Å². The van der Waals surface area contributed by atoms with Crippen LogP contribution in [0.25, 0.3) is 0 Å². The van der Waals surface area contributed by atoms with Gasteiger partial charge in [-0.05, 0) is 93.3 Å². The largest absolute Gasteiger partial charge is 0.435 e. The van der Waals surface area contributed by atoms with Crippen molar-refractivity contribution < 1.29 is 22.8 Å². The fourth-order valence-corrected chi connectivity index (χ4v) is 7.82. The Morgan fingerprint density at radius 1 is 1.00 bits per heavy atom. The van der Waals surface area contributed by atoms with Crippen molar-refractivity contribution in [2.75, 3.05) is 37.2 Å². The van der Waals surface area contributed by atoms with E-state index in [0.717, 1.165) is 38.2 Å². The summed E-state index contributed by atoms with van der Waals surface area (Å²) in [7, 11) is -2.88. The molecule has 2 aromatic carbocycles. The quantitative estimate of drug-likeness (QED) is 0.217. The zero-order chi connectivity index (χ0) is 29.4. The van der Waals surface area contributed by atoms with Crippen LogP contribution in [0.2, 0.25) is 5.02 Å². The highest BCUT2D eigenvalue weighted by Crippen LogP contribution is 2.41. The van der Waals surface area contributed by atoms with E-state index in [1.54, 1.807) is 13.3 Å². The number of hydrogen-bond acceptors (Lipinski definition) is 8. The first-order chi connectivity index (χ1) is 20.1. The minimum absolute atomic E-state index is 0.0718. The van der Waals surface area contributed by atoms with Crippen LogP contribution in [0.4, 0.5) is 31.9 Å². The number of nitrogens with one attached hydrogen (secondary N) is 2. The summed E-state index contributed by atoms with van der Waals surface area (Å²) in [6.07, 6.45) is 8.36. The molecule has 0 amide bonds. The Balaban J connectivity index is 1.17. The van der Waals surface area contributed by atoms with Crippen molar-refractivity contribution in [3.05, 3.63) is 58.7 Å². The van der Waals surface area contributed by atoms with Crippen molar-refractivity contribution >= 4 is 47.2 Å². The van der Waals surface area contributed by atoms with Crippen LogP contribution in [0.1, 0.15) is 36.8 Å². The number of ether oxygens (including phenoxy) is 2. The van der Waals surface area contributed by atoms with Gasteiger partial charge in [0, 0.05) is 29.1 Å². The minimum Gasteiger partial charge on any atom is -0.435 e. The van der Waals surface area contributed by atoms with Crippen molar-refractivity contribution in [3.8, 4) is 5.75 Å². The second kappa shape index (κ2) is 12.1. The average Bonchev–Trinajstić information content (AvgIpc) is 3.09. The maximum absolute atomic E-state index is 13.0. The first-order valence-electron chi connectivity index (χ1n) is 14.3. The summed E-state index contributed by atoms with van der Waals surface area (Å²) >= 11 is 6.41. The number of rotatable bonds is 8. The molecule has 2 fully saturated rings. The number of nitrogens with zero attached hydrogens (tertiary/aromatic N) is 3. The first kappa shape index (κ1) is 29.3. The lowest BCUT2D eigenvalue weighted by molar-refractivity contribution is -0.0497. The molecular weight excluding hydrogens is 583 g/mol. The molecule has 6 rings (SSSR count). The third kappa shape index (κ3) is 6.42. The number of hydrogen-bond donors (Lipinski definition) is 2. The Labute approximate surface area is 249 Å². The Morgan fingerprint density at radius 2 is 1.74 bits per heavy atom. The minimum atomic E-state index is -2.98. The Bertz CT molecular complexity index is 1490. The second-order valence-corrected chi connectivity index (χ2v) is 15.2. The molecule has 3 heterocycles. The molecule has 1 aromatic heterocycles. The molecule has 3 unspecified atom stereocenters. The Kier molecular flexibility index (Phi) is 8.42. The third-order valence-electron chi connectivity index (χ3n) is 8.45. The van der Waals surface area contributed by atoms with Crippen LogP contribution in [-0.2, 0) is 22.1 Å². The van der Waals surface area contributed by atoms with E-state index in [-0.39, 0.29) is 10.8 Å². The van der Waals surface area contributed by atoms with Crippen LogP contribution >= 0.6 is 18.7 Å². The smallest absolute Gasteiger partial charge is 0.387 e. The highest BCUT2D eigenvalue weighted by atomic mass is 35.5. The van der Waals surface area contributed by atoms with Gasteiger partial charge in [0.05, 0.1) is 25.1 Å². The van der Waals surface area contributed by atoms with Crippen molar-refractivity contribution in [2.45, 2.75) is 63.3 Å². The van der Waals surface area contributed by atoms with E-state index in [4.69, 9.17) is 16.3 Å². The maximum Gasteiger partial charge on any atom is 0.387 e. The third-order valence-corrected chi connectivity index (χ3v) is 10.3. The predicted octanol–water partition coefficient (Wildman–Crippen LogP) is 6.58. The molecule has 3 aromatic rings. The van der Waals surface area contributed by atoms with Crippen LogP contribution in [0.3, 0.4) is 0 Å². The molecule has 0 spiro atoms. The Hall–Kier alpha value is -2.78. The summed E-state index contributed by atoms with van der Waals surface area (Å²) in [5, 5.41) is 7.01. The van der Waals surface area contributed by atoms with Crippen molar-refractivity contribution in [1.82, 2.24) is 14.9 Å². The number of aromatic nitrogens is 2. The van der Waals surface area contributed by atoms with Crippen molar-refractivity contribution in [1.29, 1.82) is 0 Å². The molecule has 3 atom stereocenters. The van der Waals surface area contributed by atoms with Gasteiger partial charge in [-0.25, -0.2) is 4.98 Å². The van der Waals surface area contributed by atoms with Crippen LogP contribution in [0.15, 0.2) is 42.6 Å². The zero-order valence-corrected chi connectivity index (χ0v) is 25.3. The molecule has 8 nitrogen and oxygen atoms in total. The normalized spacial score (nSPS) is 22.5. The van der Waals surface area contributed by atoms with E-state index < -0.39 is 13.8 Å². The Morgan fingerprint density at radius 3 is 2.45 bits per heavy atom. The highest BCUT2D eigenvalue weighted by molar-refractivity contribution is 7.70. The van der Waals surface area contributed by atoms with Gasteiger partial charge in [0.15, 0.2) is 5.82 Å². The van der Waals surface area contributed by atoms with Gasteiger partial charge in [-0.2, -0.15) is 13.8 Å². The summed E-state index contributed by atoms with van der Waals surface area (Å²) < 4.78 is 48.8. The lowest BCUT2D eigenvalue weighted by Crippen LogP contribution is -2.51. The van der Waals surface area contributed by atoms with E-state index in [1.807, 2.05) is 6.07 Å². The zero-order valence-electron chi connectivity index (χ0n) is 23.7. The standard InChI is InChI=1S/C30H35ClF2N5O3P/c1-42(2,39)27-14-24(41-29(32)33)11-12-26(27)36-28-25(31)15-34-30(37-28)35-20-6-3-18-4-7-21(8-5-19(18)13-20)38-22-9-10-23(38)17-40-16-22/h3,6,11-15,21-23,29H,4-5,7-10,16-17H2,1-2H3,(H2,34,35,36,37). The molecule has 0 saturated carbocycles. The first-order valence-corrected chi connectivity index (χ1v) is 17.3. The van der Waals surface area contributed by atoms with E-state index >= 15 is 0 Å². The molecule has 2 aliphatic heterocycles. The summed E-state index contributed by atoms with van der Waals surface area (Å²) in [5.74, 6) is 0.565. The molecule has 42 heavy (non-hydrogen) atoms. The molecule has 3 aliphatic rings. The molecule has 12 heteroatoms.